The van der Waals surface area contributed by atoms with E-state index in [-0.39, 0.29) is 0 Å². The van der Waals surface area contributed by atoms with Crippen LogP contribution in [0.2, 0.25) is 0 Å². The summed E-state index contributed by atoms with van der Waals surface area (Å²) in [6.07, 6.45) is 1.80. The van der Waals surface area contributed by atoms with Crippen molar-refractivity contribution in [1.82, 2.24) is 14.8 Å². The predicted molar refractivity (Wildman–Crippen MR) is 78.7 cm³/mol. The molecule has 0 saturated heterocycles. The third kappa shape index (κ3) is 2.39. The van der Waals surface area contributed by atoms with Crippen molar-refractivity contribution in [3.8, 4) is 0 Å². The highest BCUT2D eigenvalue weighted by molar-refractivity contribution is 9.10. The van der Waals surface area contributed by atoms with E-state index in [1.54, 1.807) is 6.20 Å². The fraction of sp³-hybridized carbons (Fsp3) is 0.143. The number of pyridine rings is 1. The molecule has 0 bridgehead atoms. The van der Waals surface area contributed by atoms with E-state index in [0.717, 1.165) is 26.8 Å². The van der Waals surface area contributed by atoms with Crippen LogP contribution in [0.15, 0.2) is 47.1 Å². The zero-order valence-corrected chi connectivity index (χ0v) is 11.8. The lowest BCUT2D eigenvalue weighted by molar-refractivity contribution is 0.680. The molecule has 0 fully saturated rings. The monoisotopic (exact) mass is 316 g/mol. The standard InChI is InChI=1S/C14H13BrN4/c15-10-5-6-11(17-8-10)9-19-14-4-2-1-3-12(14)13(7-16)18-19/h1-6,8H,7,9,16H2. The van der Waals surface area contributed by atoms with Gasteiger partial charge in [-0.2, -0.15) is 5.10 Å². The van der Waals surface area contributed by atoms with Gasteiger partial charge in [0.05, 0.1) is 23.4 Å². The van der Waals surface area contributed by atoms with Gasteiger partial charge in [-0.05, 0) is 34.1 Å². The van der Waals surface area contributed by atoms with Gasteiger partial charge in [0.25, 0.3) is 0 Å². The van der Waals surface area contributed by atoms with E-state index >= 15 is 0 Å². The minimum atomic E-state index is 0.446. The molecule has 2 N–H and O–H groups in total. The first-order valence-electron chi connectivity index (χ1n) is 6.03. The van der Waals surface area contributed by atoms with Gasteiger partial charge in [0.15, 0.2) is 0 Å². The fourth-order valence-corrected chi connectivity index (χ4v) is 2.36. The molecule has 0 atom stereocenters. The van der Waals surface area contributed by atoms with Gasteiger partial charge < -0.3 is 5.73 Å². The second-order valence-electron chi connectivity index (χ2n) is 4.29. The van der Waals surface area contributed by atoms with Crippen LogP contribution in [0.1, 0.15) is 11.4 Å². The van der Waals surface area contributed by atoms with E-state index in [1.807, 2.05) is 28.9 Å². The Balaban J connectivity index is 2.03. The highest BCUT2D eigenvalue weighted by Crippen LogP contribution is 2.19. The molecule has 5 heteroatoms. The lowest BCUT2D eigenvalue weighted by Crippen LogP contribution is -2.05. The topological polar surface area (TPSA) is 56.7 Å². The second-order valence-corrected chi connectivity index (χ2v) is 5.21. The minimum Gasteiger partial charge on any atom is -0.325 e. The number of hydrogen-bond donors (Lipinski definition) is 1. The molecule has 2 aromatic heterocycles. The Morgan fingerprint density at radius 3 is 2.74 bits per heavy atom. The summed E-state index contributed by atoms with van der Waals surface area (Å²) in [6, 6.07) is 12.1. The van der Waals surface area contributed by atoms with Crippen LogP contribution in [0.25, 0.3) is 10.9 Å². The van der Waals surface area contributed by atoms with Crippen molar-refractivity contribution >= 4 is 26.8 Å². The third-order valence-electron chi connectivity index (χ3n) is 3.03. The highest BCUT2D eigenvalue weighted by atomic mass is 79.9. The van der Waals surface area contributed by atoms with Gasteiger partial charge in [-0.1, -0.05) is 18.2 Å². The van der Waals surface area contributed by atoms with Gasteiger partial charge in [-0.3, -0.25) is 9.67 Å². The maximum atomic E-state index is 5.74. The van der Waals surface area contributed by atoms with E-state index < -0.39 is 0 Å². The molecule has 3 rings (SSSR count). The Morgan fingerprint density at radius 1 is 1.16 bits per heavy atom. The zero-order chi connectivity index (χ0) is 13.2. The second kappa shape index (κ2) is 5.11. The van der Waals surface area contributed by atoms with E-state index in [1.165, 1.54) is 0 Å². The van der Waals surface area contributed by atoms with Gasteiger partial charge in [-0.15, -0.1) is 0 Å². The molecule has 19 heavy (non-hydrogen) atoms. The van der Waals surface area contributed by atoms with E-state index in [2.05, 4.69) is 38.1 Å². The summed E-state index contributed by atoms with van der Waals surface area (Å²) >= 11 is 3.38. The number of fused-ring (bicyclic) bond motifs is 1. The Kier molecular flexibility index (Phi) is 3.31. The van der Waals surface area contributed by atoms with Crippen molar-refractivity contribution in [3.05, 3.63) is 58.5 Å². The van der Waals surface area contributed by atoms with Gasteiger partial charge in [0, 0.05) is 22.6 Å². The van der Waals surface area contributed by atoms with Crippen LogP contribution in [0.5, 0.6) is 0 Å². The Bertz CT molecular complexity index is 703. The summed E-state index contributed by atoms with van der Waals surface area (Å²) in [5, 5.41) is 5.68. The molecule has 3 aromatic rings. The Hall–Kier alpha value is -1.72. The highest BCUT2D eigenvalue weighted by Gasteiger charge is 2.09. The van der Waals surface area contributed by atoms with Gasteiger partial charge in [-0.25, -0.2) is 0 Å². The summed E-state index contributed by atoms with van der Waals surface area (Å²) in [4.78, 5) is 4.38. The van der Waals surface area contributed by atoms with Crippen LogP contribution in [0, 0.1) is 0 Å². The molecule has 0 aliphatic heterocycles. The van der Waals surface area contributed by atoms with Crippen molar-refractivity contribution in [3.63, 3.8) is 0 Å². The lowest BCUT2D eigenvalue weighted by atomic mass is 10.2. The molecule has 4 nitrogen and oxygen atoms in total. The molecule has 96 valence electrons. The van der Waals surface area contributed by atoms with Gasteiger partial charge in [0.2, 0.25) is 0 Å². The van der Waals surface area contributed by atoms with Crippen LogP contribution in [0.3, 0.4) is 0 Å². The molecule has 0 saturated carbocycles. The molecule has 0 unspecified atom stereocenters. The first kappa shape index (κ1) is 12.3. The van der Waals surface area contributed by atoms with Gasteiger partial charge in [0.1, 0.15) is 0 Å². The van der Waals surface area contributed by atoms with Crippen LogP contribution in [-0.2, 0) is 13.1 Å². The first-order valence-corrected chi connectivity index (χ1v) is 6.82. The smallest absolute Gasteiger partial charge is 0.0839 e. The maximum Gasteiger partial charge on any atom is 0.0839 e. The molecule has 0 spiro atoms. The molecule has 0 radical (unpaired) electrons. The normalized spacial score (nSPS) is 11.1. The molecular weight excluding hydrogens is 304 g/mol. The number of rotatable bonds is 3. The molecular formula is C14H13BrN4. The zero-order valence-electron chi connectivity index (χ0n) is 10.3. The quantitative estimate of drug-likeness (QED) is 0.808. The fourth-order valence-electron chi connectivity index (χ4n) is 2.12. The number of benzene rings is 1. The number of nitrogens with two attached hydrogens (primary N) is 1. The number of aromatic nitrogens is 3. The summed E-state index contributed by atoms with van der Waals surface area (Å²) < 4.78 is 2.93. The summed E-state index contributed by atoms with van der Waals surface area (Å²) in [6.45, 7) is 1.09. The van der Waals surface area contributed by atoms with Crippen LogP contribution < -0.4 is 5.73 Å². The van der Waals surface area contributed by atoms with Crippen molar-refractivity contribution in [1.29, 1.82) is 0 Å². The average molecular weight is 317 g/mol. The number of halogens is 1. The molecule has 0 amide bonds. The maximum absolute atomic E-state index is 5.74. The number of hydrogen-bond acceptors (Lipinski definition) is 3. The van der Waals surface area contributed by atoms with E-state index in [4.69, 9.17) is 5.73 Å². The lowest BCUT2D eigenvalue weighted by Gasteiger charge is -2.03. The molecule has 0 aliphatic carbocycles. The average Bonchev–Trinajstić information content (AvgIpc) is 2.80. The molecule has 2 heterocycles. The van der Waals surface area contributed by atoms with Crippen LogP contribution in [0.4, 0.5) is 0 Å². The first-order chi connectivity index (χ1) is 9.28. The van der Waals surface area contributed by atoms with Crippen LogP contribution in [-0.4, -0.2) is 14.8 Å². The van der Waals surface area contributed by atoms with Crippen molar-refractivity contribution < 1.29 is 0 Å². The SMILES string of the molecule is NCc1nn(Cc2ccc(Br)cn2)c2ccccc12. The molecule has 0 aliphatic rings. The van der Waals surface area contributed by atoms with Crippen molar-refractivity contribution in [2.24, 2.45) is 5.73 Å². The number of nitrogens with zero attached hydrogens (tertiary/aromatic N) is 3. The summed E-state index contributed by atoms with van der Waals surface area (Å²) in [5.74, 6) is 0. The van der Waals surface area contributed by atoms with Gasteiger partial charge >= 0.3 is 0 Å². The van der Waals surface area contributed by atoms with Crippen molar-refractivity contribution in [2.75, 3.05) is 0 Å². The van der Waals surface area contributed by atoms with Crippen molar-refractivity contribution in [2.45, 2.75) is 13.1 Å². The van der Waals surface area contributed by atoms with E-state index in [0.29, 0.717) is 13.1 Å². The summed E-state index contributed by atoms with van der Waals surface area (Å²) in [7, 11) is 0. The Morgan fingerprint density at radius 2 is 2.00 bits per heavy atom. The largest absolute Gasteiger partial charge is 0.325 e. The number of para-hydroxylation sites is 1. The molecule has 1 aromatic carbocycles. The third-order valence-corrected chi connectivity index (χ3v) is 3.50. The van der Waals surface area contributed by atoms with Crippen LogP contribution >= 0.6 is 15.9 Å². The predicted octanol–water partition coefficient (Wildman–Crippen LogP) is 2.70. The van der Waals surface area contributed by atoms with E-state index in [9.17, 15) is 0 Å². The summed E-state index contributed by atoms with van der Waals surface area (Å²) in [5.41, 5.74) is 8.73. The minimum absolute atomic E-state index is 0.446. The Labute approximate surface area is 119 Å².